The summed E-state index contributed by atoms with van der Waals surface area (Å²) in [6.07, 6.45) is 15.0. The van der Waals surface area contributed by atoms with Gasteiger partial charge >= 0.3 is 0 Å². The van der Waals surface area contributed by atoms with Crippen molar-refractivity contribution < 1.29 is 4.79 Å². The summed E-state index contributed by atoms with van der Waals surface area (Å²) in [5, 5.41) is 0. The Bertz CT molecular complexity index is 464. The third-order valence-corrected chi connectivity index (χ3v) is 7.82. The van der Waals surface area contributed by atoms with E-state index in [1.165, 1.54) is 44.9 Å². The molecule has 3 saturated carbocycles. The molecule has 0 heterocycles. The van der Waals surface area contributed by atoms with Gasteiger partial charge in [-0.05, 0) is 79.1 Å². The van der Waals surface area contributed by atoms with Crippen LogP contribution >= 0.6 is 0 Å². The maximum absolute atomic E-state index is 11.8. The van der Waals surface area contributed by atoms with Crippen molar-refractivity contribution in [2.24, 2.45) is 34.5 Å². The second-order valence-corrected chi connectivity index (χ2v) is 8.61. The van der Waals surface area contributed by atoms with E-state index >= 15 is 0 Å². The van der Waals surface area contributed by atoms with Crippen molar-refractivity contribution in [3.8, 4) is 0 Å². The van der Waals surface area contributed by atoms with Crippen molar-refractivity contribution >= 4 is 5.78 Å². The van der Waals surface area contributed by atoms with Crippen molar-refractivity contribution in [3.63, 3.8) is 0 Å². The maximum atomic E-state index is 11.8. The first-order chi connectivity index (χ1) is 9.53. The van der Waals surface area contributed by atoms with Crippen molar-refractivity contribution in [2.45, 2.75) is 65.2 Å². The van der Waals surface area contributed by atoms with Crippen LogP contribution in [0.5, 0.6) is 0 Å². The van der Waals surface area contributed by atoms with Gasteiger partial charge in [0.1, 0.15) is 0 Å². The van der Waals surface area contributed by atoms with Crippen LogP contribution in [-0.2, 0) is 4.79 Å². The monoisotopic (exact) mass is 272 g/mol. The van der Waals surface area contributed by atoms with E-state index in [0.29, 0.717) is 22.5 Å². The number of ketones is 1. The fourth-order valence-electron chi connectivity index (χ4n) is 6.63. The van der Waals surface area contributed by atoms with Crippen LogP contribution in [0, 0.1) is 34.5 Å². The molecule has 3 fully saturated rings. The number of fused-ring (bicyclic) bond motifs is 5. The van der Waals surface area contributed by atoms with Crippen LogP contribution in [0.2, 0.25) is 0 Å². The summed E-state index contributed by atoms with van der Waals surface area (Å²) < 4.78 is 0. The lowest BCUT2D eigenvalue weighted by Gasteiger charge is -2.58. The predicted molar refractivity (Wildman–Crippen MR) is 81.3 cm³/mol. The van der Waals surface area contributed by atoms with Gasteiger partial charge in [0.15, 0.2) is 5.78 Å². The molecule has 110 valence electrons. The average molecular weight is 272 g/mol. The first kappa shape index (κ1) is 13.1. The quantitative estimate of drug-likeness (QED) is 0.621. The molecule has 4 aliphatic carbocycles. The van der Waals surface area contributed by atoms with Crippen LogP contribution < -0.4 is 0 Å². The van der Waals surface area contributed by atoms with Gasteiger partial charge in [0, 0.05) is 6.42 Å². The SMILES string of the molecule is C[C@]12CCC[C@@H]1[C@@H]1CC[C@H]3CC(=O)C=C[C@@]3(C)[C@@H]1CC2. The van der Waals surface area contributed by atoms with Gasteiger partial charge in [-0.15, -0.1) is 0 Å². The van der Waals surface area contributed by atoms with E-state index < -0.39 is 0 Å². The lowest BCUT2D eigenvalue weighted by molar-refractivity contribution is -0.121. The van der Waals surface area contributed by atoms with Crippen molar-refractivity contribution in [1.29, 1.82) is 0 Å². The first-order valence-electron chi connectivity index (χ1n) is 8.75. The van der Waals surface area contributed by atoms with Crippen molar-refractivity contribution in [1.82, 2.24) is 0 Å². The second-order valence-electron chi connectivity index (χ2n) is 8.61. The highest BCUT2D eigenvalue weighted by molar-refractivity contribution is 5.91. The number of carbonyl (C=O) groups excluding carboxylic acids is 1. The smallest absolute Gasteiger partial charge is 0.155 e. The van der Waals surface area contributed by atoms with Crippen molar-refractivity contribution in [2.75, 3.05) is 0 Å². The molecule has 6 atom stereocenters. The highest BCUT2D eigenvalue weighted by Crippen LogP contribution is 2.64. The predicted octanol–water partition coefficient (Wildman–Crippen LogP) is 4.76. The number of hydrogen-bond acceptors (Lipinski definition) is 1. The normalized spacial score (nSPS) is 54.2. The Balaban J connectivity index is 1.68. The number of hydrogen-bond donors (Lipinski definition) is 0. The molecule has 0 aromatic carbocycles. The van der Waals surface area contributed by atoms with Gasteiger partial charge in [-0.1, -0.05) is 26.3 Å². The molecule has 0 saturated heterocycles. The maximum Gasteiger partial charge on any atom is 0.155 e. The number of rotatable bonds is 0. The Labute approximate surface area is 123 Å². The van der Waals surface area contributed by atoms with Gasteiger partial charge in [0.05, 0.1) is 0 Å². The van der Waals surface area contributed by atoms with Gasteiger partial charge in [-0.3, -0.25) is 4.79 Å². The molecule has 0 aliphatic heterocycles. The van der Waals surface area contributed by atoms with E-state index in [-0.39, 0.29) is 0 Å². The Kier molecular flexibility index (Phi) is 2.76. The summed E-state index contributed by atoms with van der Waals surface area (Å²) in [5.41, 5.74) is 0.972. The zero-order chi connectivity index (χ0) is 14.0. The Hall–Kier alpha value is -0.590. The minimum Gasteiger partial charge on any atom is -0.295 e. The third-order valence-electron chi connectivity index (χ3n) is 7.82. The standard InChI is InChI=1S/C19H28O/c1-18-9-3-4-16(18)15-6-5-13-12-14(20)7-11-19(13,2)17(15)8-10-18/h7,11,13,15-17H,3-6,8-10,12H2,1-2H3/t13-,15-,16+,17+,18+,19+/m0/s1. The molecule has 0 radical (unpaired) electrons. The molecule has 0 unspecified atom stereocenters. The van der Waals surface area contributed by atoms with Crippen LogP contribution in [0.25, 0.3) is 0 Å². The molecule has 0 N–H and O–H groups in total. The molecule has 0 spiro atoms. The summed E-state index contributed by atoms with van der Waals surface area (Å²) in [7, 11) is 0. The number of carbonyl (C=O) groups is 1. The van der Waals surface area contributed by atoms with E-state index in [1.807, 2.05) is 6.08 Å². The average Bonchev–Trinajstić information content (AvgIpc) is 2.81. The van der Waals surface area contributed by atoms with Gasteiger partial charge in [-0.2, -0.15) is 0 Å². The van der Waals surface area contributed by atoms with Gasteiger partial charge in [0.25, 0.3) is 0 Å². The van der Waals surface area contributed by atoms with Crippen LogP contribution in [0.1, 0.15) is 65.2 Å². The minimum atomic E-state index is 0.320. The molecule has 0 aromatic heterocycles. The molecular weight excluding hydrogens is 244 g/mol. The van der Waals surface area contributed by atoms with E-state index in [1.54, 1.807) is 0 Å². The Morgan fingerprint density at radius 3 is 2.75 bits per heavy atom. The third kappa shape index (κ3) is 1.64. The molecule has 4 rings (SSSR count). The molecule has 4 aliphatic rings. The van der Waals surface area contributed by atoms with Gasteiger partial charge in [0.2, 0.25) is 0 Å². The van der Waals surface area contributed by atoms with Crippen LogP contribution in [0.4, 0.5) is 0 Å². The molecule has 1 nitrogen and oxygen atoms in total. The van der Waals surface area contributed by atoms with Crippen molar-refractivity contribution in [3.05, 3.63) is 12.2 Å². The summed E-state index contributed by atoms with van der Waals surface area (Å²) in [6.45, 7) is 5.03. The van der Waals surface area contributed by atoms with Gasteiger partial charge in [-0.25, -0.2) is 0 Å². The van der Waals surface area contributed by atoms with E-state index in [9.17, 15) is 4.79 Å². The molecule has 0 amide bonds. The minimum absolute atomic E-state index is 0.320. The summed E-state index contributed by atoms with van der Waals surface area (Å²) in [6, 6.07) is 0. The largest absolute Gasteiger partial charge is 0.295 e. The summed E-state index contributed by atoms with van der Waals surface area (Å²) in [4.78, 5) is 11.8. The lowest BCUT2D eigenvalue weighted by Crippen LogP contribution is -2.51. The second kappa shape index (κ2) is 4.21. The molecule has 0 bridgehead atoms. The van der Waals surface area contributed by atoms with Crippen LogP contribution in [-0.4, -0.2) is 5.78 Å². The van der Waals surface area contributed by atoms with E-state index in [2.05, 4.69) is 19.9 Å². The topological polar surface area (TPSA) is 17.1 Å². The lowest BCUT2D eigenvalue weighted by atomic mass is 9.46. The molecule has 20 heavy (non-hydrogen) atoms. The fourth-order valence-corrected chi connectivity index (χ4v) is 6.63. The number of allylic oxidation sites excluding steroid dienone is 2. The Morgan fingerprint density at radius 2 is 1.90 bits per heavy atom. The summed E-state index contributed by atoms with van der Waals surface area (Å²) in [5.74, 6) is 3.77. The zero-order valence-corrected chi connectivity index (χ0v) is 13.0. The highest BCUT2D eigenvalue weighted by atomic mass is 16.1. The fraction of sp³-hybridized carbons (Fsp3) is 0.842. The van der Waals surface area contributed by atoms with E-state index in [4.69, 9.17) is 0 Å². The molecular formula is C19H28O. The van der Waals surface area contributed by atoms with Crippen LogP contribution in [0.15, 0.2) is 12.2 Å². The van der Waals surface area contributed by atoms with Crippen LogP contribution in [0.3, 0.4) is 0 Å². The molecule has 0 aromatic rings. The first-order valence-corrected chi connectivity index (χ1v) is 8.75. The Morgan fingerprint density at radius 1 is 1.05 bits per heavy atom. The summed E-state index contributed by atoms with van der Waals surface area (Å²) >= 11 is 0. The highest BCUT2D eigenvalue weighted by Gasteiger charge is 2.56. The molecule has 1 heteroatoms. The van der Waals surface area contributed by atoms with E-state index in [0.717, 1.165) is 24.2 Å². The van der Waals surface area contributed by atoms with Gasteiger partial charge < -0.3 is 0 Å². The zero-order valence-electron chi connectivity index (χ0n) is 13.0.